The quantitative estimate of drug-likeness (QED) is 0.659. The van der Waals surface area contributed by atoms with Gasteiger partial charge < -0.3 is 14.6 Å². The van der Waals surface area contributed by atoms with E-state index in [1.807, 2.05) is 50.5 Å². The molecule has 0 aliphatic heterocycles. The predicted molar refractivity (Wildman–Crippen MR) is 100 cm³/mol. The van der Waals surface area contributed by atoms with Crippen molar-refractivity contribution >= 4 is 28.8 Å². The summed E-state index contributed by atoms with van der Waals surface area (Å²) in [4.78, 5) is 18.5. The highest BCUT2D eigenvalue weighted by molar-refractivity contribution is 7.99. The number of carbonyl (C=O) groups is 1. The SMILES string of the molecule is CN(C)Cc1ccc(CNC(=O)CSc2nc3ccccc3o2)cc1. The van der Waals surface area contributed by atoms with Gasteiger partial charge in [-0.2, -0.15) is 0 Å². The third-order valence-corrected chi connectivity index (χ3v) is 4.44. The second-order valence-electron chi connectivity index (χ2n) is 6.07. The largest absolute Gasteiger partial charge is 0.431 e. The zero-order valence-electron chi connectivity index (χ0n) is 14.4. The van der Waals surface area contributed by atoms with Gasteiger partial charge >= 0.3 is 0 Å². The Morgan fingerprint density at radius 3 is 2.56 bits per heavy atom. The Morgan fingerprint density at radius 1 is 1.12 bits per heavy atom. The zero-order valence-corrected chi connectivity index (χ0v) is 15.2. The summed E-state index contributed by atoms with van der Waals surface area (Å²) >= 11 is 1.30. The van der Waals surface area contributed by atoms with Gasteiger partial charge in [0.2, 0.25) is 5.91 Å². The first kappa shape index (κ1) is 17.5. The van der Waals surface area contributed by atoms with Crippen LogP contribution in [-0.4, -0.2) is 35.6 Å². The normalized spacial score (nSPS) is 11.2. The summed E-state index contributed by atoms with van der Waals surface area (Å²) in [7, 11) is 4.09. The molecule has 0 unspecified atom stereocenters. The highest BCUT2D eigenvalue weighted by Crippen LogP contribution is 2.22. The van der Waals surface area contributed by atoms with E-state index in [0.717, 1.165) is 23.2 Å². The number of fused-ring (bicyclic) bond motifs is 1. The van der Waals surface area contributed by atoms with Crippen LogP contribution in [0.5, 0.6) is 0 Å². The summed E-state index contributed by atoms with van der Waals surface area (Å²) < 4.78 is 5.59. The van der Waals surface area contributed by atoms with Crippen LogP contribution in [0.4, 0.5) is 0 Å². The van der Waals surface area contributed by atoms with E-state index >= 15 is 0 Å². The molecule has 0 radical (unpaired) electrons. The molecule has 130 valence electrons. The molecular weight excluding hydrogens is 334 g/mol. The third-order valence-electron chi connectivity index (χ3n) is 3.61. The molecule has 2 aromatic carbocycles. The summed E-state index contributed by atoms with van der Waals surface area (Å²) in [6, 6.07) is 15.9. The van der Waals surface area contributed by atoms with E-state index in [-0.39, 0.29) is 11.7 Å². The van der Waals surface area contributed by atoms with E-state index < -0.39 is 0 Å². The minimum absolute atomic E-state index is 0.0374. The lowest BCUT2D eigenvalue weighted by atomic mass is 10.1. The van der Waals surface area contributed by atoms with Gasteiger partial charge in [0.25, 0.3) is 5.22 Å². The summed E-state index contributed by atoms with van der Waals surface area (Å²) in [5, 5.41) is 3.44. The number of benzene rings is 2. The van der Waals surface area contributed by atoms with Gasteiger partial charge in [-0.15, -0.1) is 0 Å². The first-order valence-electron chi connectivity index (χ1n) is 8.08. The van der Waals surface area contributed by atoms with Crippen LogP contribution in [0.1, 0.15) is 11.1 Å². The zero-order chi connectivity index (χ0) is 17.6. The van der Waals surface area contributed by atoms with Gasteiger partial charge in [0, 0.05) is 13.1 Å². The molecule has 0 saturated heterocycles. The van der Waals surface area contributed by atoms with Crippen LogP contribution in [0, 0.1) is 0 Å². The van der Waals surface area contributed by atoms with Crippen LogP contribution >= 0.6 is 11.8 Å². The summed E-state index contributed by atoms with van der Waals surface area (Å²) in [5.41, 5.74) is 3.89. The summed E-state index contributed by atoms with van der Waals surface area (Å²) in [5.74, 6) is 0.246. The molecule has 0 saturated carbocycles. The van der Waals surface area contributed by atoms with Crippen molar-refractivity contribution in [1.29, 1.82) is 0 Å². The van der Waals surface area contributed by atoms with Gasteiger partial charge in [-0.1, -0.05) is 48.2 Å². The molecule has 1 amide bonds. The van der Waals surface area contributed by atoms with Crippen LogP contribution < -0.4 is 5.32 Å². The number of para-hydroxylation sites is 2. The lowest BCUT2D eigenvalue weighted by Gasteiger charge is -2.10. The minimum Gasteiger partial charge on any atom is -0.431 e. The van der Waals surface area contributed by atoms with Crippen molar-refractivity contribution < 1.29 is 9.21 Å². The van der Waals surface area contributed by atoms with Gasteiger partial charge in [-0.3, -0.25) is 4.79 Å². The number of aromatic nitrogens is 1. The van der Waals surface area contributed by atoms with Crippen molar-refractivity contribution in [3.8, 4) is 0 Å². The molecule has 0 aliphatic rings. The Labute approximate surface area is 151 Å². The van der Waals surface area contributed by atoms with E-state index in [0.29, 0.717) is 11.8 Å². The van der Waals surface area contributed by atoms with E-state index in [9.17, 15) is 4.79 Å². The van der Waals surface area contributed by atoms with Crippen LogP contribution in [-0.2, 0) is 17.9 Å². The maximum Gasteiger partial charge on any atom is 0.257 e. The first-order valence-corrected chi connectivity index (χ1v) is 9.06. The van der Waals surface area contributed by atoms with Crippen molar-refractivity contribution in [1.82, 2.24) is 15.2 Å². The molecule has 3 rings (SSSR count). The monoisotopic (exact) mass is 355 g/mol. The van der Waals surface area contributed by atoms with E-state index in [1.165, 1.54) is 17.3 Å². The van der Waals surface area contributed by atoms with Crippen molar-refractivity contribution in [2.75, 3.05) is 19.8 Å². The van der Waals surface area contributed by atoms with Crippen molar-refractivity contribution in [3.63, 3.8) is 0 Å². The average Bonchev–Trinajstić information content (AvgIpc) is 3.02. The highest BCUT2D eigenvalue weighted by Gasteiger charge is 2.09. The Morgan fingerprint density at radius 2 is 1.84 bits per heavy atom. The van der Waals surface area contributed by atoms with Crippen LogP contribution in [0.2, 0.25) is 0 Å². The van der Waals surface area contributed by atoms with Gasteiger partial charge in [0.05, 0.1) is 5.75 Å². The molecule has 0 spiro atoms. The van der Waals surface area contributed by atoms with E-state index in [1.54, 1.807) is 0 Å². The number of thioether (sulfide) groups is 1. The lowest BCUT2D eigenvalue weighted by Crippen LogP contribution is -2.24. The molecule has 5 nitrogen and oxygen atoms in total. The molecule has 0 atom stereocenters. The van der Waals surface area contributed by atoms with Gasteiger partial charge in [0.15, 0.2) is 5.58 Å². The number of nitrogens with zero attached hydrogens (tertiary/aromatic N) is 2. The first-order chi connectivity index (χ1) is 12.1. The molecular formula is C19H21N3O2S. The van der Waals surface area contributed by atoms with Crippen molar-refractivity contribution in [3.05, 3.63) is 59.7 Å². The molecule has 6 heteroatoms. The number of amides is 1. The number of nitrogens with one attached hydrogen (secondary N) is 1. The maximum atomic E-state index is 12.0. The summed E-state index contributed by atoms with van der Waals surface area (Å²) in [6.45, 7) is 1.43. The fourth-order valence-electron chi connectivity index (χ4n) is 2.42. The minimum atomic E-state index is -0.0374. The molecule has 1 aromatic heterocycles. The topological polar surface area (TPSA) is 58.4 Å². The van der Waals surface area contributed by atoms with Crippen LogP contribution in [0.3, 0.4) is 0 Å². The van der Waals surface area contributed by atoms with Crippen LogP contribution in [0.25, 0.3) is 11.1 Å². The van der Waals surface area contributed by atoms with Gasteiger partial charge in [0.1, 0.15) is 5.52 Å². The smallest absolute Gasteiger partial charge is 0.257 e. The standard InChI is InChI=1S/C19H21N3O2S/c1-22(2)12-15-9-7-14(8-10-15)11-20-18(23)13-25-19-21-16-5-3-4-6-17(16)24-19/h3-10H,11-13H2,1-2H3,(H,20,23). The number of oxazole rings is 1. The Hall–Kier alpha value is -2.31. The fourth-order valence-corrected chi connectivity index (χ4v) is 3.09. The molecule has 1 N–H and O–H groups in total. The number of rotatable bonds is 7. The maximum absolute atomic E-state index is 12.0. The lowest BCUT2D eigenvalue weighted by molar-refractivity contribution is -0.118. The Bertz CT molecular complexity index is 810. The second kappa shape index (κ2) is 8.18. The molecule has 0 fully saturated rings. The highest BCUT2D eigenvalue weighted by atomic mass is 32.2. The van der Waals surface area contributed by atoms with Gasteiger partial charge in [-0.05, 0) is 37.4 Å². The van der Waals surface area contributed by atoms with Crippen molar-refractivity contribution in [2.24, 2.45) is 0 Å². The van der Waals surface area contributed by atoms with Crippen LogP contribution in [0.15, 0.2) is 58.2 Å². The van der Waals surface area contributed by atoms with Crippen molar-refractivity contribution in [2.45, 2.75) is 18.3 Å². The number of carbonyl (C=O) groups excluding carboxylic acids is 1. The molecule has 3 aromatic rings. The third kappa shape index (κ3) is 5.08. The summed E-state index contributed by atoms with van der Waals surface area (Å²) in [6.07, 6.45) is 0. The average molecular weight is 355 g/mol. The number of hydrogen-bond donors (Lipinski definition) is 1. The van der Waals surface area contributed by atoms with Gasteiger partial charge in [-0.25, -0.2) is 4.98 Å². The molecule has 25 heavy (non-hydrogen) atoms. The van der Waals surface area contributed by atoms with E-state index in [2.05, 4.69) is 27.3 Å². The molecule has 1 heterocycles. The molecule has 0 aliphatic carbocycles. The molecule has 0 bridgehead atoms. The second-order valence-corrected chi connectivity index (χ2v) is 6.99. The Kier molecular flexibility index (Phi) is 5.73. The predicted octanol–water partition coefficient (Wildman–Crippen LogP) is 3.30. The fraction of sp³-hybridized carbons (Fsp3) is 0.263. The number of hydrogen-bond acceptors (Lipinski definition) is 5. The Balaban J connectivity index is 1.46. The van der Waals surface area contributed by atoms with E-state index in [4.69, 9.17) is 4.42 Å².